The van der Waals surface area contributed by atoms with Gasteiger partial charge >= 0.3 is 0 Å². The van der Waals surface area contributed by atoms with Crippen molar-refractivity contribution < 1.29 is 17.6 Å². The molecule has 0 aliphatic carbocycles. The Bertz CT molecular complexity index is 1020. The third-order valence-electron chi connectivity index (χ3n) is 5.45. The van der Waals surface area contributed by atoms with Crippen molar-refractivity contribution in [3.8, 4) is 0 Å². The van der Waals surface area contributed by atoms with Crippen LogP contribution in [0.4, 0.5) is 4.39 Å². The molecule has 2 saturated heterocycles. The van der Waals surface area contributed by atoms with Gasteiger partial charge in [0.25, 0.3) is 5.91 Å². The zero-order chi connectivity index (χ0) is 20.6. The Morgan fingerprint density at radius 3 is 2.41 bits per heavy atom. The lowest BCUT2D eigenvalue weighted by Crippen LogP contribution is -2.53. The molecule has 2 aromatic carbocycles. The van der Waals surface area contributed by atoms with Crippen molar-refractivity contribution in [3.63, 3.8) is 0 Å². The highest BCUT2D eigenvalue weighted by Gasteiger charge is 2.48. The predicted octanol–water partition coefficient (Wildman–Crippen LogP) is 3.85. The van der Waals surface area contributed by atoms with Crippen LogP contribution in [0.3, 0.4) is 0 Å². The molecule has 4 rings (SSSR count). The van der Waals surface area contributed by atoms with Gasteiger partial charge in [-0.05, 0) is 55.3 Å². The summed E-state index contributed by atoms with van der Waals surface area (Å²) in [5, 5.41) is 0.482. The van der Waals surface area contributed by atoms with Crippen LogP contribution in [0.1, 0.15) is 23.2 Å². The molecule has 2 aliphatic heterocycles. The zero-order valence-corrected chi connectivity index (χ0v) is 17.9. The quantitative estimate of drug-likeness (QED) is 0.706. The molecule has 2 fully saturated rings. The van der Waals surface area contributed by atoms with Crippen molar-refractivity contribution in [1.82, 2.24) is 9.21 Å². The number of rotatable bonds is 3. The van der Waals surface area contributed by atoms with Gasteiger partial charge in [-0.3, -0.25) is 4.79 Å². The topological polar surface area (TPSA) is 57.7 Å². The van der Waals surface area contributed by atoms with Crippen LogP contribution in [0.5, 0.6) is 0 Å². The third kappa shape index (κ3) is 3.91. The summed E-state index contributed by atoms with van der Waals surface area (Å²) in [5.74, 6) is 0.134. The first-order valence-corrected chi connectivity index (χ1v) is 12.1. The van der Waals surface area contributed by atoms with E-state index in [1.54, 1.807) is 34.9 Å². The molecule has 2 aromatic rings. The van der Waals surface area contributed by atoms with Gasteiger partial charge in [-0.25, -0.2) is 12.8 Å². The molecular formula is C20H20ClFN2O3S2. The number of hydrogen-bond acceptors (Lipinski definition) is 4. The molecular weight excluding hydrogens is 435 g/mol. The van der Waals surface area contributed by atoms with Crippen LogP contribution in [0.25, 0.3) is 0 Å². The van der Waals surface area contributed by atoms with Gasteiger partial charge in [0, 0.05) is 36.0 Å². The Labute approximate surface area is 178 Å². The first-order chi connectivity index (χ1) is 13.8. The fraction of sp³-hybridized carbons (Fsp3) is 0.350. The van der Waals surface area contributed by atoms with E-state index in [0.717, 1.165) is 5.75 Å². The van der Waals surface area contributed by atoms with Crippen molar-refractivity contribution in [1.29, 1.82) is 0 Å². The lowest BCUT2D eigenvalue weighted by Gasteiger charge is -2.43. The fourth-order valence-electron chi connectivity index (χ4n) is 3.92. The smallest absolute Gasteiger partial charge is 0.255 e. The van der Waals surface area contributed by atoms with E-state index in [1.165, 1.54) is 34.6 Å². The molecule has 0 radical (unpaired) electrons. The average molecular weight is 455 g/mol. The summed E-state index contributed by atoms with van der Waals surface area (Å²) < 4.78 is 40.9. The maximum Gasteiger partial charge on any atom is 0.255 e. The largest absolute Gasteiger partial charge is 0.323 e. The molecule has 5 nitrogen and oxygen atoms in total. The number of amides is 1. The van der Waals surface area contributed by atoms with E-state index in [1.807, 2.05) is 0 Å². The summed E-state index contributed by atoms with van der Waals surface area (Å²) in [4.78, 5) is 14.6. The number of carbonyl (C=O) groups excluding carboxylic acids is 1. The minimum absolute atomic E-state index is 0.205. The van der Waals surface area contributed by atoms with Gasteiger partial charge < -0.3 is 4.90 Å². The number of piperidine rings is 1. The Hall–Kier alpha value is -1.61. The van der Waals surface area contributed by atoms with Crippen LogP contribution in [-0.2, 0) is 10.0 Å². The SMILES string of the molecule is O=C(c1cccc(F)c1)N1CCSC12CCN(S(=O)(=O)c1ccc(Cl)cc1)CC2. The highest BCUT2D eigenvalue weighted by atomic mass is 35.5. The molecule has 0 N–H and O–H groups in total. The van der Waals surface area contributed by atoms with Gasteiger partial charge in [-0.1, -0.05) is 17.7 Å². The number of benzene rings is 2. The van der Waals surface area contributed by atoms with Crippen molar-refractivity contribution >= 4 is 39.3 Å². The van der Waals surface area contributed by atoms with Crippen LogP contribution in [-0.4, -0.2) is 53.8 Å². The van der Waals surface area contributed by atoms with Gasteiger partial charge in [-0.2, -0.15) is 4.31 Å². The van der Waals surface area contributed by atoms with Gasteiger partial charge in [-0.15, -0.1) is 11.8 Å². The number of carbonyl (C=O) groups is 1. The van der Waals surface area contributed by atoms with Crippen molar-refractivity contribution in [2.75, 3.05) is 25.4 Å². The summed E-state index contributed by atoms with van der Waals surface area (Å²) >= 11 is 7.55. The molecule has 0 aromatic heterocycles. The predicted molar refractivity (Wildman–Crippen MR) is 112 cm³/mol. The van der Waals surface area contributed by atoms with Gasteiger partial charge in [0.1, 0.15) is 5.82 Å². The van der Waals surface area contributed by atoms with Crippen molar-refractivity contribution in [3.05, 3.63) is 64.9 Å². The number of thioether (sulfide) groups is 1. The Kier molecular flexibility index (Phi) is 5.63. The second-order valence-corrected chi connectivity index (χ2v) is 11.0. The van der Waals surface area contributed by atoms with Gasteiger partial charge in [0.2, 0.25) is 10.0 Å². The Morgan fingerprint density at radius 1 is 1.07 bits per heavy atom. The minimum atomic E-state index is -3.61. The van der Waals surface area contributed by atoms with E-state index in [9.17, 15) is 17.6 Å². The Morgan fingerprint density at radius 2 is 1.76 bits per heavy atom. The van der Waals surface area contributed by atoms with Gasteiger partial charge in [0.05, 0.1) is 9.77 Å². The van der Waals surface area contributed by atoms with Crippen LogP contribution < -0.4 is 0 Å². The molecule has 1 spiro atoms. The van der Waals surface area contributed by atoms with Crippen LogP contribution >= 0.6 is 23.4 Å². The summed E-state index contributed by atoms with van der Waals surface area (Å²) in [6.07, 6.45) is 1.07. The molecule has 0 saturated carbocycles. The maximum absolute atomic E-state index is 13.6. The van der Waals surface area contributed by atoms with Gasteiger partial charge in [0.15, 0.2) is 0 Å². The fourth-order valence-corrected chi connectivity index (χ4v) is 6.94. The minimum Gasteiger partial charge on any atom is -0.323 e. The van der Waals surface area contributed by atoms with Crippen LogP contribution in [0, 0.1) is 5.82 Å². The number of nitrogens with zero attached hydrogens (tertiary/aromatic N) is 2. The number of hydrogen-bond donors (Lipinski definition) is 0. The summed E-state index contributed by atoms with van der Waals surface area (Å²) in [7, 11) is -3.61. The van der Waals surface area contributed by atoms with E-state index in [-0.39, 0.29) is 10.8 Å². The summed E-state index contributed by atoms with van der Waals surface area (Å²) in [6, 6.07) is 11.8. The Balaban J connectivity index is 1.51. The second kappa shape index (κ2) is 7.91. The van der Waals surface area contributed by atoms with E-state index in [4.69, 9.17) is 11.6 Å². The second-order valence-electron chi connectivity index (χ2n) is 7.12. The molecule has 2 aliphatic rings. The van der Waals surface area contributed by atoms with E-state index in [0.29, 0.717) is 43.1 Å². The van der Waals surface area contributed by atoms with Crippen LogP contribution in [0.2, 0.25) is 5.02 Å². The molecule has 0 atom stereocenters. The normalized spacial score (nSPS) is 19.6. The number of sulfonamides is 1. The summed E-state index contributed by atoms with van der Waals surface area (Å²) in [5.41, 5.74) is 0.322. The van der Waals surface area contributed by atoms with Crippen LogP contribution in [0.15, 0.2) is 53.4 Å². The highest BCUT2D eigenvalue weighted by Crippen LogP contribution is 2.45. The third-order valence-corrected chi connectivity index (χ3v) is 9.17. The van der Waals surface area contributed by atoms with Crippen molar-refractivity contribution in [2.45, 2.75) is 22.6 Å². The molecule has 0 bridgehead atoms. The molecule has 154 valence electrons. The zero-order valence-electron chi connectivity index (χ0n) is 15.6. The molecule has 0 unspecified atom stereocenters. The molecule has 9 heteroatoms. The summed E-state index contributed by atoms with van der Waals surface area (Å²) in [6.45, 7) is 1.22. The number of halogens is 2. The lowest BCUT2D eigenvalue weighted by atomic mass is 10.0. The highest BCUT2D eigenvalue weighted by molar-refractivity contribution is 8.00. The van der Waals surface area contributed by atoms with E-state index < -0.39 is 20.7 Å². The average Bonchev–Trinajstić information content (AvgIpc) is 3.11. The first kappa shape index (κ1) is 20.7. The molecule has 2 heterocycles. The van der Waals surface area contributed by atoms with E-state index in [2.05, 4.69) is 0 Å². The van der Waals surface area contributed by atoms with E-state index >= 15 is 0 Å². The molecule has 1 amide bonds. The standard InChI is InChI=1S/C20H20ClFN2O3S2/c21-16-4-6-18(7-5-16)29(26,27)23-10-8-20(9-11-23)24(12-13-28-20)19(25)15-2-1-3-17(22)14-15/h1-7,14H,8-13H2. The monoisotopic (exact) mass is 454 g/mol. The molecule has 29 heavy (non-hydrogen) atoms. The lowest BCUT2D eigenvalue weighted by molar-refractivity contribution is 0.0604. The van der Waals surface area contributed by atoms with Crippen molar-refractivity contribution in [2.24, 2.45) is 0 Å². The maximum atomic E-state index is 13.6. The first-order valence-electron chi connectivity index (χ1n) is 9.29.